The number of aliphatic hydroxyl groups is 1. The smallest absolute Gasteiger partial charge is 0.412 e. The molecular weight excluding hydrogens is 353 g/mol. The van der Waals surface area contributed by atoms with Crippen molar-refractivity contribution in [2.75, 3.05) is 24.3 Å². The van der Waals surface area contributed by atoms with Crippen LogP contribution in [0.3, 0.4) is 0 Å². The van der Waals surface area contributed by atoms with Gasteiger partial charge in [-0.25, -0.2) is 14.0 Å². The number of unbranched alkanes of at least 4 members (excludes halogenated alkanes) is 3. The fourth-order valence-electron chi connectivity index (χ4n) is 2.25. The molecule has 0 spiro atoms. The van der Waals surface area contributed by atoms with E-state index in [9.17, 15) is 14.0 Å². The summed E-state index contributed by atoms with van der Waals surface area (Å²) in [4.78, 5) is 27.2. The number of carbonyl (C=O) groups is 1. The first kappa shape index (κ1) is 19.7. The first-order valence-corrected chi connectivity index (χ1v) is 9.20. The molecule has 1 aromatic heterocycles. The van der Waals surface area contributed by atoms with E-state index in [1.54, 1.807) is 0 Å². The second-order valence-electron chi connectivity index (χ2n) is 5.49. The number of nitrogens with one attached hydrogen (secondary N) is 1. The van der Waals surface area contributed by atoms with E-state index in [0.29, 0.717) is 5.75 Å². The molecule has 1 aliphatic heterocycles. The van der Waals surface area contributed by atoms with Crippen molar-refractivity contribution >= 4 is 23.7 Å². The Hall–Kier alpha value is -1.65. The third-order valence-corrected chi connectivity index (χ3v) is 4.66. The maximum atomic E-state index is 14.1. The Morgan fingerprint density at radius 2 is 2.36 bits per heavy atom. The highest BCUT2D eigenvalue weighted by Crippen LogP contribution is 2.30. The Morgan fingerprint density at radius 1 is 1.56 bits per heavy atom. The number of anilines is 1. The quantitative estimate of drug-likeness (QED) is 0.671. The lowest BCUT2D eigenvalue weighted by atomic mass is 10.2. The zero-order valence-corrected chi connectivity index (χ0v) is 14.8. The lowest BCUT2D eigenvalue weighted by Gasteiger charge is -2.14. The molecule has 2 heterocycles. The maximum Gasteiger partial charge on any atom is 0.412 e. The molecule has 1 aliphatic rings. The van der Waals surface area contributed by atoms with Crippen LogP contribution in [0.1, 0.15) is 38.8 Å². The average molecular weight is 375 g/mol. The molecule has 10 heteroatoms. The lowest BCUT2D eigenvalue weighted by molar-refractivity contribution is -0.00677. The Labute approximate surface area is 148 Å². The summed E-state index contributed by atoms with van der Waals surface area (Å²) in [5, 5.41) is 11.2. The second kappa shape index (κ2) is 9.73. The number of nitrogens with zero attached hydrogens (tertiary/aromatic N) is 2. The van der Waals surface area contributed by atoms with E-state index in [1.807, 2.05) is 0 Å². The summed E-state index contributed by atoms with van der Waals surface area (Å²) >= 11 is 1.32. The number of aliphatic hydroxyl groups excluding tert-OH is 1. The number of hydrogen-bond acceptors (Lipinski definition) is 7. The topological polar surface area (TPSA) is 103 Å². The third-order valence-electron chi connectivity index (χ3n) is 3.55. The number of carbonyl (C=O) groups excluding carboxylic acids is 1. The van der Waals surface area contributed by atoms with Crippen LogP contribution < -0.4 is 11.0 Å². The minimum atomic E-state index is -0.872. The minimum Gasteiger partial charge on any atom is -0.449 e. The summed E-state index contributed by atoms with van der Waals surface area (Å²) in [6.45, 7) is 2.10. The van der Waals surface area contributed by atoms with E-state index in [0.717, 1.165) is 36.4 Å². The highest BCUT2D eigenvalue weighted by molar-refractivity contribution is 8.00. The van der Waals surface area contributed by atoms with Gasteiger partial charge in [0, 0.05) is 5.75 Å². The molecular formula is C15H22FN3O5S. The Balaban J connectivity index is 1.93. The molecule has 140 valence electrons. The van der Waals surface area contributed by atoms with Crippen molar-refractivity contribution in [3.05, 3.63) is 22.5 Å². The van der Waals surface area contributed by atoms with Crippen LogP contribution >= 0.6 is 11.8 Å². The monoisotopic (exact) mass is 375 g/mol. The molecule has 0 unspecified atom stereocenters. The molecule has 1 fully saturated rings. The van der Waals surface area contributed by atoms with Crippen LogP contribution in [0.2, 0.25) is 0 Å². The maximum absolute atomic E-state index is 14.1. The van der Waals surface area contributed by atoms with Crippen molar-refractivity contribution in [1.29, 1.82) is 0 Å². The van der Waals surface area contributed by atoms with Crippen molar-refractivity contribution in [2.24, 2.45) is 0 Å². The normalized spacial score (nSPS) is 19.8. The molecule has 2 N–H and O–H groups in total. The number of ether oxygens (including phenoxy) is 2. The van der Waals surface area contributed by atoms with Gasteiger partial charge in [0.15, 0.2) is 11.6 Å². The first-order chi connectivity index (χ1) is 12.0. The van der Waals surface area contributed by atoms with Crippen LogP contribution in [0.25, 0.3) is 0 Å². The number of aromatic nitrogens is 2. The van der Waals surface area contributed by atoms with Crippen LogP contribution in [0.5, 0.6) is 0 Å². The summed E-state index contributed by atoms with van der Waals surface area (Å²) in [7, 11) is 0. The molecule has 1 aromatic rings. The van der Waals surface area contributed by atoms with Gasteiger partial charge in [-0.15, -0.1) is 11.8 Å². The average Bonchev–Trinajstić information content (AvgIpc) is 3.06. The molecule has 0 bridgehead atoms. The molecule has 0 aliphatic carbocycles. The highest BCUT2D eigenvalue weighted by Gasteiger charge is 2.28. The van der Waals surface area contributed by atoms with Gasteiger partial charge in [-0.3, -0.25) is 9.88 Å². The fraction of sp³-hybridized carbons (Fsp3) is 0.667. The van der Waals surface area contributed by atoms with E-state index < -0.39 is 35.1 Å². The minimum absolute atomic E-state index is 0.199. The van der Waals surface area contributed by atoms with E-state index >= 15 is 0 Å². The molecule has 2 atom stereocenters. The Kier molecular flexibility index (Phi) is 7.66. The summed E-state index contributed by atoms with van der Waals surface area (Å²) in [5.74, 6) is -0.966. The summed E-state index contributed by atoms with van der Waals surface area (Å²) in [6.07, 6.45) is 3.15. The zero-order chi connectivity index (χ0) is 18.2. The van der Waals surface area contributed by atoms with Gasteiger partial charge in [-0.1, -0.05) is 26.2 Å². The third kappa shape index (κ3) is 5.68. The van der Waals surface area contributed by atoms with E-state index in [-0.39, 0.29) is 13.2 Å². The standard InChI is InChI=1S/C15H22FN3O5S/c1-2-3-4-5-6-23-15(22)18-13-10(16)7-19(14(21)17-13)11-9-25-12(8-20)24-11/h7,11-12,20H,2-6,8-9H2,1H3,(H,17,18,21,22)/t11-,12+/m0/s1. The number of halogens is 1. The van der Waals surface area contributed by atoms with Crippen molar-refractivity contribution < 1.29 is 23.8 Å². The Bertz CT molecular complexity index is 642. The van der Waals surface area contributed by atoms with Crippen molar-refractivity contribution in [2.45, 2.75) is 44.3 Å². The predicted octanol–water partition coefficient (Wildman–Crippen LogP) is 2.09. The van der Waals surface area contributed by atoms with Gasteiger partial charge in [0.2, 0.25) is 0 Å². The molecule has 1 saturated heterocycles. The summed E-state index contributed by atoms with van der Waals surface area (Å²) in [5.41, 5.74) is -1.22. The van der Waals surface area contributed by atoms with Gasteiger partial charge in [0.05, 0.1) is 19.4 Å². The van der Waals surface area contributed by atoms with Gasteiger partial charge in [0.25, 0.3) is 0 Å². The Morgan fingerprint density at radius 3 is 3.04 bits per heavy atom. The van der Waals surface area contributed by atoms with Crippen LogP contribution in [0.15, 0.2) is 11.0 Å². The van der Waals surface area contributed by atoms with E-state index in [4.69, 9.17) is 14.6 Å². The van der Waals surface area contributed by atoms with Gasteiger partial charge in [-0.2, -0.15) is 4.98 Å². The molecule has 8 nitrogen and oxygen atoms in total. The van der Waals surface area contributed by atoms with E-state index in [1.165, 1.54) is 11.8 Å². The van der Waals surface area contributed by atoms with E-state index in [2.05, 4.69) is 17.2 Å². The van der Waals surface area contributed by atoms with Crippen LogP contribution in [0, 0.1) is 5.82 Å². The van der Waals surface area contributed by atoms with Gasteiger partial charge in [0.1, 0.15) is 11.7 Å². The number of hydrogen-bond donors (Lipinski definition) is 2. The molecule has 2 rings (SSSR count). The van der Waals surface area contributed by atoms with Crippen molar-refractivity contribution in [1.82, 2.24) is 9.55 Å². The SMILES string of the molecule is CCCCCCOC(=O)Nc1nc(=O)n([C@@H]2CS[C@H](CO)O2)cc1F. The number of rotatable bonds is 8. The predicted molar refractivity (Wildman–Crippen MR) is 91.0 cm³/mol. The molecule has 0 radical (unpaired) electrons. The summed E-state index contributed by atoms with van der Waals surface area (Å²) in [6, 6.07) is 0. The first-order valence-electron chi connectivity index (χ1n) is 8.15. The highest BCUT2D eigenvalue weighted by atomic mass is 32.2. The van der Waals surface area contributed by atoms with Gasteiger partial charge in [-0.05, 0) is 6.42 Å². The van der Waals surface area contributed by atoms with Gasteiger partial charge >= 0.3 is 11.8 Å². The van der Waals surface area contributed by atoms with Gasteiger partial charge < -0.3 is 14.6 Å². The molecule has 25 heavy (non-hydrogen) atoms. The second-order valence-corrected chi connectivity index (χ2v) is 6.68. The van der Waals surface area contributed by atoms with Crippen molar-refractivity contribution in [3.8, 4) is 0 Å². The summed E-state index contributed by atoms with van der Waals surface area (Å²) < 4.78 is 25.4. The fourth-order valence-corrected chi connectivity index (χ4v) is 3.18. The van der Waals surface area contributed by atoms with Crippen molar-refractivity contribution in [3.63, 3.8) is 0 Å². The molecule has 1 amide bonds. The zero-order valence-electron chi connectivity index (χ0n) is 13.9. The number of amides is 1. The number of thioether (sulfide) groups is 1. The lowest BCUT2D eigenvalue weighted by Crippen LogP contribution is -2.30. The molecule has 0 aromatic carbocycles. The van der Waals surface area contributed by atoms with Crippen LogP contribution in [-0.2, 0) is 9.47 Å². The van der Waals surface area contributed by atoms with Crippen LogP contribution in [-0.4, -0.2) is 45.2 Å². The molecule has 0 saturated carbocycles. The van der Waals surface area contributed by atoms with Crippen LogP contribution in [0.4, 0.5) is 15.0 Å². The largest absolute Gasteiger partial charge is 0.449 e.